The molecule has 1 N–H and O–H groups in total. The third kappa shape index (κ3) is 3.44. The summed E-state index contributed by atoms with van der Waals surface area (Å²) in [4.78, 5) is 21.3. The summed E-state index contributed by atoms with van der Waals surface area (Å²) in [5.41, 5.74) is 3.04. The normalized spacial score (nSPS) is 12.0. The van der Waals surface area contributed by atoms with Gasteiger partial charge >= 0.3 is 0 Å². The Hall–Kier alpha value is -3.54. The first-order chi connectivity index (χ1) is 12.8. The minimum atomic E-state index is -0.193. The van der Waals surface area contributed by atoms with E-state index in [9.17, 15) is 4.79 Å². The van der Waals surface area contributed by atoms with Crippen molar-refractivity contribution in [2.75, 3.05) is 0 Å². The average molecular weight is 343 g/mol. The minimum Gasteiger partial charge on any atom is -0.343 e. The van der Waals surface area contributed by atoms with E-state index in [1.165, 1.54) is 0 Å². The summed E-state index contributed by atoms with van der Waals surface area (Å²) >= 11 is 0. The van der Waals surface area contributed by atoms with Crippen molar-refractivity contribution in [3.63, 3.8) is 0 Å². The zero-order valence-electron chi connectivity index (χ0n) is 14.0. The van der Waals surface area contributed by atoms with Crippen molar-refractivity contribution < 1.29 is 4.79 Å². The summed E-state index contributed by atoms with van der Waals surface area (Å²) in [5, 5.41) is 7.35. The number of carbonyl (C=O) groups is 1. The van der Waals surface area contributed by atoms with E-state index in [1.807, 2.05) is 53.3 Å². The standard InChI is InChI=1S/C20H17N5O/c26-20(16-7-8-17-18(13-16)22-11-10-21-17)24-19(14-25-12-4-9-23-25)15-5-2-1-3-6-15/h1-13,19H,14H2,(H,24,26). The molecule has 1 atom stereocenters. The number of nitrogens with zero attached hydrogens (tertiary/aromatic N) is 4. The Morgan fingerprint density at radius 1 is 0.962 bits per heavy atom. The molecule has 2 heterocycles. The van der Waals surface area contributed by atoms with Crippen LogP contribution in [0.25, 0.3) is 11.0 Å². The van der Waals surface area contributed by atoms with Crippen LogP contribution in [-0.2, 0) is 6.54 Å². The van der Waals surface area contributed by atoms with Crippen LogP contribution in [0.15, 0.2) is 79.4 Å². The first kappa shape index (κ1) is 16.0. The molecule has 0 aliphatic heterocycles. The molecule has 0 aliphatic carbocycles. The molecule has 2 aromatic carbocycles. The highest BCUT2D eigenvalue weighted by atomic mass is 16.1. The molecule has 0 fully saturated rings. The van der Waals surface area contributed by atoms with Crippen LogP contribution >= 0.6 is 0 Å². The molecule has 128 valence electrons. The van der Waals surface area contributed by atoms with Crippen LogP contribution in [0.4, 0.5) is 0 Å². The van der Waals surface area contributed by atoms with E-state index in [-0.39, 0.29) is 11.9 Å². The molecule has 2 aromatic heterocycles. The van der Waals surface area contributed by atoms with Crippen LogP contribution in [-0.4, -0.2) is 25.7 Å². The lowest BCUT2D eigenvalue weighted by molar-refractivity contribution is 0.0932. The van der Waals surface area contributed by atoms with Crippen molar-refractivity contribution in [1.29, 1.82) is 0 Å². The largest absolute Gasteiger partial charge is 0.343 e. The predicted molar refractivity (Wildman–Crippen MR) is 98.4 cm³/mol. The van der Waals surface area contributed by atoms with Gasteiger partial charge in [-0.2, -0.15) is 5.10 Å². The molecule has 0 radical (unpaired) electrons. The van der Waals surface area contributed by atoms with Crippen LogP contribution in [0.5, 0.6) is 0 Å². The molecule has 26 heavy (non-hydrogen) atoms. The van der Waals surface area contributed by atoms with Gasteiger partial charge in [-0.25, -0.2) is 0 Å². The molecule has 4 rings (SSSR count). The van der Waals surface area contributed by atoms with Crippen molar-refractivity contribution >= 4 is 16.9 Å². The number of carbonyl (C=O) groups excluding carboxylic acids is 1. The van der Waals surface area contributed by atoms with Crippen molar-refractivity contribution in [1.82, 2.24) is 25.1 Å². The van der Waals surface area contributed by atoms with Crippen molar-refractivity contribution in [3.8, 4) is 0 Å². The number of hydrogen-bond acceptors (Lipinski definition) is 4. The van der Waals surface area contributed by atoms with Gasteiger partial charge in [0.25, 0.3) is 5.91 Å². The van der Waals surface area contributed by atoms with Crippen LogP contribution in [0, 0.1) is 0 Å². The third-order valence-corrected chi connectivity index (χ3v) is 4.17. The molecule has 1 unspecified atom stereocenters. The first-order valence-corrected chi connectivity index (χ1v) is 8.33. The molecule has 0 saturated carbocycles. The summed E-state index contributed by atoms with van der Waals surface area (Å²) in [6, 6.07) is 16.9. The Bertz CT molecular complexity index is 1010. The van der Waals surface area contributed by atoms with Gasteiger partial charge in [0.2, 0.25) is 0 Å². The maximum Gasteiger partial charge on any atom is 0.251 e. The van der Waals surface area contributed by atoms with E-state index < -0.39 is 0 Å². The fourth-order valence-corrected chi connectivity index (χ4v) is 2.86. The zero-order chi connectivity index (χ0) is 17.8. The van der Waals surface area contributed by atoms with Gasteiger partial charge < -0.3 is 5.32 Å². The lowest BCUT2D eigenvalue weighted by Crippen LogP contribution is -2.31. The molecule has 1 amide bonds. The fraction of sp³-hybridized carbons (Fsp3) is 0.100. The number of hydrogen-bond donors (Lipinski definition) is 1. The Morgan fingerprint density at radius 2 is 1.77 bits per heavy atom. The summed E-state index contributed by atoms with van der Waals surface area (Å²) < 4.78 is 1.81. The first-order valence-electron chi connectivity index (χ1n) is 8.33. The number of rotatable bonds is 5. The quantitative estimate of drug-likeness (QED) is 0.605. The van der Waals surface area contributed by atoms with E-state index >= 15 is 0 Å². The average Bonchev–Trinajstić information content (AvgIpc) is 3.21. The van der Waals surface area contributed by atoms with Gasteiger partial charge in [0.15, 0.2) is 0 Å². The molecular weight excluding hydrogens is 326 g/mol. The van der Waals surface area contributed by atoms with Crippen molar-refractivity contribution in [2.45, 2.75) is 12.6 Å². The molecule has 0 spiro atoms. The molecule has 0 bridgehead atoms. The maximum atomic E-state index is 12.8. The highest BCUT2D eigenvalue weighted by Gasteiger charge is 2.17. The molecule has 6 heteroatoms. The lowest BCUT2D eigenvalue weighted by Gasteiger charge is -2.19. The Kier molecular flexibility index (Phi) is 4.38. The van der Waals surface area contributed by atoms with Crippen LogP contribution in [0.1, 0.15) is 22.0 Å². The van der Waals surface area contributed by atoms with Gasteiger partial charge in [-0.05, 0) is 29.8 Å². The summed E-state index contributed by atoms with van der Waals surface area (Å²) in [5.74, 6) is -0.154. The summed E-state index contributed by atoms with van der Waals surface area (Å²) in [6.45, 7) is 0.552. The second-order valence-corrected chi connectivity index (χ2v) is 5.92. The van der Waals surface area contributed by atoms with Gasteiger partial charge in [-0.15, -0.1) is 0 Å². The van der Waals surface area contributed by atoms with Crippen LogP contribution in [0.3, 0.4) is 0 Å². The van der Waals surface area contributed by atoms with Gasteiger partial charge in [-0.1, -0.05) is 30.3 Å². The van der Waals surface area contributed by atoms with E-state index in [2.05, 4.69) is 20.4 Å². The fourth-order valence-electron chi connectivity index (χ4n) is 2.86. The second kappa shape index (κ2) is 7.14. The zero-order valence-corrected chi connectivity index (χ0v) is 14.0. The highest BCUT2D eigenvalue weighted by molar-refractivity contribution is 5.97. The monoisotopic (exact) mass is 343 g/mol. The van der Waals surface area contributed by atoms with Crippen LogP contribution in [0.2, 0.25) is 0 Å². The number of amides is 1. The van der Waals surface area contributed by atoms with E-state index in [4.69, 9.17) is 0 Å². The summed E-state index contributed by atoms with van der Waals surface area (Å²) in [6.07, 6.45) is 6.87. The SMILES string of the molecule is O=C(NC(Cn1cccn1)c1ccccc1)c1ccc2nccnc2c1. The third-order valence-electron chi connectivity index (χ3n) is 4.17. The number of benzene rings is 2. The molecule has 0 saturated heterocycles. The lowest BCUT2D eigenvalue weighted by atomic mass is 10.1. The topological polar surface area (TPSA) is 72.7 Å². The van der Waals surface area contributed by atoms with Crippen LogP contribution < -0.4 is 5.32 Å². The maximum absolute atomic E-state index is 12.8. The molecular formula is C20H17N5O. The summed E-state index contributed by atoms with van der Waals surface area (Å²) in [7, 11) is 0. The Labute approximate surface area is 150 Å². The molecule has 6 nitrogen and oxygen atoms in total. The predicted octanol–water partition coefficient (Wildman–Crippen LogP) is 3.00. The number of aromatic nitrogens is 4. The minimum absolute atomic E-state index is 0.154. The van der Waals surface area contributed by atoms with E-state index in [0.717, 1.165) is 11.1 Å². The van der Waals surface area contributed by atoms with Gasteiger partial charge in [-0.3, -0.25) is 19.4 Å². The van der Waals surface area contributed by atoms with E-state index in [1.54, 1.807) is 30.7 Å². The molecule has 0 aliphatic rings. The molecule has 4 aromatic rings. The Morgan fingerprint density at radius 3 is 2.54 bits per heavy atom. The van der Waals surface area contributed by atoms with Gasteiger partial charge in [0, 0.05) is 30.4 Å². The van der Waals surface area contributed by atoms with E-state index in [0.29, 0.717) is 17.6 Å². The van der Waals surface area contributed by atoms with Crippen molar-refractivity contribution in [3.05, 3.63) is 90.5 Å². The van der Waals surface area contributed by atoms with Gasteiger partial charge in [0.05, 0.1) is 23.6 Å². The second-order valence-electron chi connectivity index (χ2n) is 5.92. The number of nitrogens with one attached hydrogen (secondary N) is 1. The Balaban J connectivity index is 1.60. The van der Waals surface area contributed by atoms with Gasteiger partial charge in [0.1, 0.15) is 0 Å². The van der Waals surface area contributed by atoms with Crippen molar-refractivity contribution in [2.24, 2.45) is 0 Å². The highest BCUT2D eigenvalue weighted by Crippen LogP contribution is 2.17. The number of fused-ring (bicyclic) bond motifs is 1. The smallest absolute Gasteiger partial charge is 0.251 e.